The van der Waals surface area contributed by atoms with E-state index in [0.717, 1.165) is 21.9 Å². The monoisotopic (exact) mass is 518 g/mol. The van der Waals surface area contributed by atoms with Crippen LogP contribution in [-0.2, 0) is 28.3 Å². The minimum absolute atomic E-state index is 0.0767. The third kappa shape index (κ3) is 5.22. The number of anilines is 2. The molecular weight excluding hydrogens is 488 g/mol. The molecule has 1 amide bonds. The summed E-state index contributed by atoms with van der Waals surface area (Å²) in [6.07, 6.45) is 0.798. The summed E-state index contributed by atoms with van der Waals surface area (Å²) in [5, 5.41) is 2.67. The topological polar surface area (TPSA) is 93.4 Å². The van der Waals surface area contributed by atoms with Gasteiger partial charge < -0.3 is 5.32 Å². The SMILES string of the molecule is CCc1ccc(N(CC(=O)Nc2c(C)n(C)n(-c3ccccc3)c2=O)S(=O)(=O)c2ccc(C)cc2)cc1. The van der Waals surface area contributed by atoms with Gasteiger partial charge in [0, 0.05) is 7.05 Å². The van der Waals surface area contributed by atoms with Crippen molar-refractivity contribution in [1.29, 1.82) is 0 Å². The van der Waals surface area contributed by atoms with Crippen LogP contribution in [0.5, 0.6) is 0 Å². The van der Waals surface area contributed by atoms with Gasteiger partial charge >= 0.3 is 0 Å². The van der Waals surface area contributed by atoms with E-state index in [2.05, 4.69) is 5.32 Å². The lowest BCUT2D eigenvalue weighted by atomic mass is 10.1. The predicted octanol–water partition coefficient (Wildman–Crippen LogP) is 4.19. The van der Waals surface area contributed by atoms with Gasteiger partial charge in [0.15, 0.2) is 0 Å². The maximum Gasteiger partial charge on any atom is 0.295 e. The summed E-state index contributed by atoms with van der Waals surface area (Å²) in [4.78, 5) is 26.5. The lowest BCUT2D eigenvalue weighted by molar-refractivity contribution is -0.114. The summed E-state index contributed by atoms with van der Waals surface area (Å²) in [7, 11) is -2.34. The fourth-order valence-electron chi connectivity index (χ4n) is 4.07. The molecule has 0 saturated carbocycles. The molecule has 0 aliphatic heterocycles. The van der Waals surface area contributed by atoms with Crippen LogP contribution in [-0.4, -0.2) is 30.2 Å². The van der Waals surface area contributed by atoms with Gasteiger partial charge in [-0.3, -0.25) is 18.6 Å². The first-order chi connectivity index (χ1) is 17.6. The quantitative estimate of drug-likeness (QED) is 0.379. The van der Waals surface area contributed by atoms with Crippen LogP contribution in [0.15, 0.2) is 88.6 Å². The maximum absolute atomic E-state index is 13.6. The fourth-order valence-corrected chi connectivity index (χ4v) is 5.49. The van der Waals surface area contributed by atoms with Gasteiger partial charge in [-0.2, -0.15) is 0 Å². The van der Waals surface area contributed by atoms with E-state index < -0.39 is 28.0 Å². The van der Waals surface area contributed by atoms with Crippen LogP contribution in [0.1, 0.15) is 23.7 Å². The number of para-hydroxylation sites is 1. The van der Waals surface area contributed by atoms with Crippen molar-refractivity contribution in [2.24, 2.45) is 7.05 Å². The number of nitrogens with one attached hydrogen (secondary N) is 1. The molecule has 1 aromatic heterocycles. The zero-order chi connectivity index (χ0) is 26.7. The van der Waals surface area contributed by atoms with Crippen LogP contribution < -0.4 is 15.2 Å². The van der Waals surface area contributed by atoms with E-state index in [1.165, 1.54) is 16.8 Å². The molecule has 0 saturated heterocycles. The molecule has 0 aliphatic carbocycles. The minimum Gasteiger partial charge on any atom is -0.318 e. The molecule has 3 aromatic carbocycles. The van der Waals surface area contributed by atoms with Crippen LogP contribution in [0, 0.1) is 13.8 Å². The zero-order valence-electron chi connectivity index (χ0n) is 21.3. The van der Waals surface area contributed by atoms with Crippen LogP contribution in [0.4, 0.5) is 11.4 Å². The number of hydrogen-bond acceptors (Lipinski definition) is 4. The second-order valence-electron chi connectivity index (χ2n) is 8.83. The average molecular weight is 519 g/mol. The summed E-state index contributed by atoms with van der Waals surface area (Å²) in [6.45, 7) is 5.10. The van der Waals surface area contributed by atoms with Gasteiger partial charge in [-0.1, -0.05) is 55.0 Å². The van der Waals surface area contributed by atoms with E-state index in [1.807, 2.05) is 44.2 Å². The highest BCUT2D eigenvalue weighted by atomic mass is 32.2. The number of nitrogens with zero attached hydrogens (tertiary/aromatic N) is 3. The molecule has 0 aliphatic rings. The van der Waals surface area contributed by atoms with Crippen LogP contribution >= 0.6 is 0 Å². The number of carbonyl (C=O) groups is 1. The highest BCUT2D eigenvalue weighted by Gasteiger charge is 2.28. The standard InChI is InChI=1S/C28H30N4O4S/c1-5-22-13-15-23(16-14-22)31(37(35,36)25-17-11-20(2)12-18-25)19-26(33)29-27-21(3)30(4)32(28(27)34)24-9-7-6-8-10-24/h6-18H,5,19H2,1-4H3,(H,29,33). The Morgan fingerprint density at radius 3 is 2.14 bits per heavy atom. The molecule has 192 valence electrons. The second kappa shape index (κ2) is 10.5. The first-order valence-corrected chi connectivity index (χ1v) is 13.4. The highest BCUT2D eigenvalue weighted by Crippen LogP contribution is 2.25. The van der Waals surface area contributed by atoms with Crippen LogP contribution in [0.25, 0.3) is 5.69 Å². The van der Waals surface area contributed by atoms with Gasteiger partial charge in [0.2, 0.25) is 5.91 Å². The second-order valence-corrected chi connectivity index (χ2v) is 10.7. The van der Waals surface area contributed by atoms with Gasteiger partial charge in [0.05, 0.1) is 22.0 Å². The number of aryl methyl sites for hydroxylation is 2. The summed E-state index contributed by atoms with van der Waals surface area (Å²) in [6, 6.07) is 22.6. The Balaban J connectivity index is 1.69. The maximum atomic E-state index is 13.6. The molecule has 9 heteroatoms. The first-order valence-electron chi connectivity index (χ1n) is 12.0. The molecule has 37 heavy (non-hydrogen) atoms. The van der Waals surface area contributed by atoms with Crippen molar-refractivity contribution in [1.82, 2.24) is 9.36 Å². The minimum atomic E-state index is -4.06. The average Bonchev–Trinajstić information content (AvgIpc) is 3.11. The number of hydrogen-bond donors (Lipinski definition) is 1. The van der Waals surface area contributed by atoms with Crippen LogP contribution in [0.3, 0.4) is 0 Å². The van der Waals surface area contributed by atoms with Gasteiger partial charge in [-0.05, 0) is 62.2 Å². The Kier molecular flexibility index (Phi) is 7.35. The molecule has 4 rings (SSSR count). The van der Waals surface area contributed by atoms with Gasteiger partial charge in [-0.25, -0.2) is 13.1 Å². The molecule has 1 N–H and O–H groups in total. The molecule has 0 atom stereocenters. The number of sulfonamides is 1. The van der Waals surface area contributed by atoms with Crippen molar-refractivity contribution < 1.29 is 13.2 Å². The smallest absolute Gasteiger partial charge is 0.295 e. The van der Waals surface area contributed by atoms with Crippen molar-refractivity contribution in [3.05, 3.63) is 106 Å². The van der Waals surface area contributed by atoms with E-state index in [4.69, 9.17) is 0 Å². The van der Waals surface area contributed by atoms with Gasteiger partial charge in [0.25, 0.3) is 15.6 Å². The lowest BCUT2D eigenvalue weighted by Crippen LogP contribution is -2.38. The Hall–Kier alpha value is -4.11. The first kappa shape index (κ1) is 26.0. The largest absolute Gasteiger partial charge is 0.318 e. The summed E-state index contributed by atoms with van der Waals surface area (Å²) in [5.74, 6) is -0.624. The zero-order valence-corrected chi connectivity index (χ0v) is 22.1. The van der Waals surface area contributed by atoms with E-state index in [9.17, 15) is 18.0 Å². The molecule has 0 fully saturated rings. The molecule has 1 heterocycles. The van der Waals surface area contributed by atoms with Crippen LogP contribution in [0.2, 0.25) is 0 Å². The van der Waals surface area contributed by atoms with Gasteiger partial charge in [-0.15, -0.1) is 0 Å². The summed E-state index contributed by atoms with van der Waals surface area (Å²) in [5.41, 5.74) is 3.22. The molecule has 0 bridgehead atoms. The van der Waals surface area contributed by atoms with Crippen molar-refractivity contribution in [3.8, 4) is 5.69 Å². The van der Waals surface area contributed by atoms with E-state index in [0.29, 0.717) is 17.1 Å². The van der Waals surface area contributed by atoms with Crippen molar-refractivity contribution in [2.75, 3.05) is 16.2 Å². The number of aromatic nitrogens is 2. The Morgan fingerprint density at radius 1 is 0.919 bits per heavy atom. The third-order valence-electron chi connectivity index (χ3n) is 6.35. The highest BCUT2D eigenvalue weighted by molar-refractivity contribution is 7.92. The fraction of sp³-hybridized carbons (Fsp3) is 0.214. The molecule has 0 spiro atoms. The van der Waals surface area contributed by atoms with E-state index in [1.54, 1.807) is 55.1 Å². The van der Waals surface area contributed by atoms with Crippen molar-refractivity contribution in [3.63, 3.8) is 0 Å². The molecule has 4 aromatic rings. The Bertz CT molecular complexity index is 1570. The molecular formula is C28H30N4O4S. The molecule has 0 unspecified atom stereocenters. The summed E-state index contributed by atoms with van der Waals surface area (Å²) >= 11 is 0. The number of carbonyl (C=O) groups excluding carboxylic acids is 1. The molecule has 0 radical (unpaired) electrons. The van der Waals surface area contributed by atoms with Crippen molar-refractivity contribution in [2.45, 2.75) is 32.1 Å². The normalized spacial score (nSPS) is 11.4. The van der Waals surface area contributed by atoms with Gasteiger partial charge in [0.1, 0.15) is 12.2 Å². The predicted molar refractivity (Wildman–Crippen MR) is 146 cm³/mol. The number of amides is 1. The lowest BCUT2D eigenvalue weighted by Gasteiger charge is -2.24. The number of benzene rings is 3. The summed E-state index contributed by atoms with van der Waals surface area (Å²) < 4.78 is 31.5. The van der Waals surface area contributed by atoms with E-state index >= 15 is 0 Å². The number of rotatable bonds is 8. The molecule has 8 nitrogen and oxygen atoms in total. The Morgan fingerprint density at radius 2 is 1.54 bits per heavy atom. The third-order valence-corrected chi connectivity index (χ3v) is 8.14. The Labute approximate surface area is 216 Å². The van der Waals surface area contributed by atoms with E-state index in [-0.39, 0.29) is 10.6 Å². The van der Waals surface area contributed by atoms with Crippen molar-refractivity contribution >= 4 is 27.3 Å².